The van der Waals surface area contributed by atoms with E-state index in [0.717, 1.165) is 18.8 Å². The van der Waals surface area contributed by atoms with Gasteiger partial charge in [-0.2, -0.15) is 11.3 Å². The van der Waals surface area contributed by atoms with Gasteiger partial charge in [-0.25, -0.2) is 9.97 Å². The molecule has 2 heterocycles. The Labute approximate surface area is 114 Å². The maximum absolute atomic E-state index is 5.90. The van der Waals surface area contributed by atoms with Gasteiger partial charge in [0.25, 0.3) is 0 Å². The summed E-state index contributed by atoms with van der Waals surface area (Å²) in [5.74, 6) is 0.782. The highest BCUT2D eigenvalue weighted by Gasteiger charge is 2.02. The molecule has 2 aromatic heterocycles. The summed E-state index contributed by atoms with van der Waals surface area (Å²) in [5.41, 5.74) is 1.34. The topological polar surface area (TPSA) is 37.8 Å². The quantitative estimate of drug-likeness (QED) is 0.518. The van der Waals surface area contributed by atoms with Crippen LogP contribution in [0.3, 0.4) is 0 Å². The first-order valence-corrected chi connectivity index (χ1v) is 7.66. The number of rotatable bonds is 5. The summed E-state index contributed by atoms with van der Waals surface area (Å²) in [6.45, 7) is 0.845. The minimum atomic E-state index is 0.474. The largest absolute Gasteiger partial charge is 0.370 e. The first-order chi connectivity index (χ1) is 8.28. The maximum atomic E-state index is 5.90. The monoisotopic (exact) mass is 285 g/mol. The Morgan fingerprint density at radius 2 is 2.35 bits per heavy atom. The zero-order valence-electron chi connectivity index (χ0n) is 9.31. The Balaban J connectivity index is 1.92. The highest BCUT2D eigenvalue weighted by Crippen LogP contribution is 2.17. The van der Waals surface area contributed by atoms with Crippen LogP contribution in [0.5, 0.6) is 0 Å². The Kier molecular flexibility index (Phi) is 4.65. The number of anilines is 1. The Morgan fingerprint density at radius 1 is 1.47 bits per heavy atom. The smallest absolute Gasteiger partial charge is 0.190 e. The van der Waals surface area contributed by atoms with E-state index < -0.39 is 0 Å². The van der Waals surface area contributed by atoms with Crippen molar-refractivity contribution in [2.24, 2.45) is 0 Å². The van der Waals surface area contributed by atoms with Crippen LogP contribution in [0.4, 0.5) is 5.82 Å². The number of hydrogen-bond acceptors (Lipinski definition) is 5. The standard InChI is InChI=1S/C11H12ClN3S2/c1-16-11-14-9(12)6-10(15-11)13-4-2-8-3-5-17-7-8/h3,5-7H,2,4H2,1H3,(H,13,14,15). The number of aromatic nitrogens is 2. The second kappa shape index (κ2) is 6.23. The molecule has 3 nitrogen and oxygen atoms in total. The highest BCUT2D eigenvalue weighted by atomic mass is 35.5. The summed E-state index contributed by atoms with van der Waals surface area (Å²) in [5, 5.41) is 8.66. The number of thioether (sulfide) groups is 1. The summed E-state index contributed by atoms with van der Waals surface area (Å²) < 4.78 is 0. The predicted molar refractivity (Wildman–Crippen MR) is 75.3 cm³/mol. The van der Waals surface area contributed by atoms with E-state index in [1.165, 1.54) is 17.3 Å². The van der Waals surface area contributed by atoms with E-state index in [1.807, 2.05) is 6.26 Å². The van der Waals surface area contributed by atoms with E-state index in [-0.39, 0.29) is 0 Å². The minimum Gasteiger partial charge on any atom is -0.370 e. The Hall–Kier alpha value is -0.780. The summed E-state index contributed by atoms with van der Waals surface area (Å²) in [7, 11) is 0. The Morgan fingerprint density at radius 3 is 3.06 bits per heavy atom. The van der Waals surface area contributed by atoms with Crippen LogP contribution in [0.2, 0.25) is 5.15 Å². The number of nitrogens with one attached hydrogen (secondary N) is 1. The molecule has 0 aromatic carbocycles. The fourth-order valence-corrected chi connectivity index (χ4v) is 2.66. The molecule has 0 saturated heterocycles. The second-order valence-corrected chi connectivity index (χ2v) is 5.31. The van der Waals surface area contributed by atoms with Gasteiger partial charge in [-0.1, -0.05) is 23.4 Å². The van der Waals surface area contributed by atoms with Gasteiger partial charge in [0.2, 0.25) is 0 Å². The molecule has 0 spiro atoms. The van der Waals surface area contributed by atoms with Gasteiger partial charge in [-0.3, -0.25) is 0 Å². The summed E-state index contributed by atoms with van der Waals surface area (Å²) in [4.78, 5) is 8.42. The third kappa shape index (κ3) is 3.87. The summed E-state index contributed by atoms with van der Waals surface area (Å²) in [6.07, 6.45) is 2.92. The van der Waals surface area contributed by atoms with Crippen molar-refractivity contribution < 1.29 is 0 Å². The van der Waals surface area contributed by atoms with E-state index in [9.17, 15) is 0 Å². The van der Waals surface area contributed by atoms with Crippen LogP contribution >= 0.6 is 34.7 Å². The number of hydrogen-bond donors (Lipinski definition) is 1. The molecular formula is C11H12ClN3S2. The molecule has 6 heteroatoms. The van der Waals surface area contributed by atoms with Crippen LogP contribution in [-0.2, 0) is 6.42 Å². The van der Waals surface area contributed by atoms with Crippen LogP contribution in [0.25, 0.3) is 0 Å². The third-order valence-electron chi connectivity index (χ3n) is 2.16. The average Bonchev–Trinajstić information content (AvgIpc) is 2.81. The molecule has 0 unspecified atom stereocenters. The number of halogens is 1. The predicted octanol–water partition coefficient (Wildman–Crippen LogP) is 3.57. The molecule has 2 aromatic rings. The molecule has 0 radical (unpaired) electrons. The lowest BCUT2D eigenvalue weighted by Gasteiger charge is -2.06. The molecule has 0 amide bonds. The van der Waals surface area contributed by atoms with Crippen molar-refractivity contribution in [3.05, 3.63) is 33.6 Å². The fraction of sp³-hybridized carbons (Fsp3) is 0.273. The SMILES string of the molecule is CSc1nc(Cl)cc(NCCc2ccsc2)n1. The third-order valence-corrected chi connectivity index (χ3v) is 3.63. The molecule has 0 aliphatic carbocycles. The van der Waals surface area contributed by atoms with Crippen molar-refractivity contribution >= 4 is 40.5 Å². The van der Waals surface area contributed by atoms with Crippen LogP contribution in [0.1, 0.15) is 5.56 Å². The molecule has 0 bridgehead atoms. The van der Waals surface area contributed by atoms with Gasteiger partial charge in [0, 0.05) is 12.6 Å². The number of thiophene rings is 1. The van der Waals surface area contributed by atoms with Gasteiger partial charge in [0.1, 0.15) is 11.0 Å². The molecule has 0 fully saturated rings. The van der Waals surface area contributed by atoms with Crippen molar-refractivity contribution in [1.29, 1.82) is 0 Å². The highest BCUT2D eigenvalue weighted by molar-refractivity contribution is 7.98. The molecule has 0 aliphatic heterocycles. The van der Waals surface area contributed by atoms with Crippen LogP contribution in [-0.4, -0.2) is 22.8 Å². The summed E-state index contributed by atoms with van der Waals surface area (Å²) >= 11 is 9.10. The second-order valence-electron chi connectivity index (χ2n) is 3.37. The normalized spacial score (nSPS) is 10.5. The van der Waals surface area contributed by atoms with Crippen molar-refractivity contribution in [2.45, 2.75) is 11.6 Å². The van der Waals surface area contributed by atoms with Crippen molar-refractivity contribution in [1.82, 2.24) is 9.97 Å². The first-order valence-electron chi connectivity index (χ1n) is 5.11. The molecule has 17 heavy (non-hydrogen) atoms. The molecule has 0 aliphatic rings. The fourth-order valence-electron chi connectivity index (χ4n) is 1.35. The lowest BCUT2D eigenvalue weighted by molar-refractivity contribution is 0.942. The van der Waals surface area contributed by atoms with Gasteiger partial charge >= 0.3 is 0 Å². The van der Waals surface area contributed by atoms with Crippen LogP contribution in [0, 0.1) is 0 Å². The van der Waals surface area contributed by atoms with Gasteiger partial charge in [-0.05, 0) is 35.1 Å². The maximum Gasteiger partial charge on any atom is 0.190 e. The molecular weight excluding hydrogens is 274 g/mol. The Bertz CT molecular complexity index is 474. The minimum absolute atomic E-state index is 0.474. The lowest BCUT2D eigenvalue weighted by atomic mass is 10.2. The van der Waals surface area contributed by atoms with E-state index in [4.69, 9.17) is 11.6 Å². The van der Waals surface area contributed by atoms with Crippen molar-refractivity contribution in [3.63, 3.8) is 0 Å². The zero-order valence-corrected chi connectivity index (χ0v) is 11.7. The van der Waals surface area contributed by atoms with E-state index in [0.29, 0.717) is 10.3 Å². The molecule has 2 rings (SSSR count). The average molecular weight is 286 g/mol. The summed E-state index contributed by atoms with van der Waals surface area (Å²) in [6, 6.07) is 3.88. The molecule has 0 saturated carbocycles. The van der Waals surface area contributed by atoms with E-state index in [2.05, 4.69) is 32.1 Å². The van der Waals surface area contributed by atoms with Gasteiger partial charge in [0.15, 0.2) is 5.16 Å². The molecule has 90 valence electrons. The van der Waals surface area contributed by atoms with Gasteiger partial charge in [0.05, 0.1) is 0 Å². The molecule has 1 N–H and O–H groups in total. The van der Waals surface area contributed by atoms with Crippen molar-refractivity contribution in [2.75, 3.05) is 18.1 Å². The first kappa shape index (κ1) is 12.7. The van der Waals surface area contributed by atoms with Crippen LogP contribution in [0.15, 0.2) is 28.0 Å². The number of nitrogens with zero attached hydrogens (tertiary/aromatic N) is 2. The lowest BCUT2D eigenvalue weighted by Crippen LogP contribution is -2.06. The van der Waals surface area contributed by atoms with Crippen molar-refractivity contribution in [3.8, 4) is 0 Å². The molecule has 0 atom stereocenters. The van der Waals surface area contributed by atoms with Gasteiger partial charge < -0.3 is 5.32 Å². The van der Waals surface area contributed by atoms with E-state index >= 15 is 0 Å². The van der Waals surface area contributed by atoms with Gasteiger partial charge in [-0.15, -0.1) is 0 Å². The van der Waals surface area contributed by atoms with E-state index in [1.54, 1.807) is 17.4 Å². The zero-order chi connectivity index (χ0) is 12.1. The van der Waals surface area contributed by atoms with Crippen LogP contribution < -0.4 is 5.32 Å².